The Morgan fingerprint density at radius 2 is 2.29 bits per heavy atom. The van der Waals surface area contributed by atoms with Crippen molar-refractivity contribution in [1.82, 2.24) is 9.55 Å². The third-order valence-electron chi connectivity index (χ3n) is 3.51. The molecule has 3 rings (SSSR count). The van der Waals surface area contributed by atoms with Gasteiger partial charge in [0.1, 0.15) is 11.6 Å². The Hall–Kier alpha value is -1.77. The molecule has 1 unspecified atom stereocenters. The van der Waals surface area contributed by atoms with E-state index in [4.69, 9.17) is 0 Å². The summed E-state index contributed by atoms with van der Waals surface area (Å²) in [6.07, 6.45) is 4.42. The van der Waals surface area contributed by atoms with Crippen molar-refractivity contribution in [2.24, 2.45) is 0 Å². The second-order valence-electron chi connectivity index (χ2n) is 4.75. The molecule has 1 aliphatic heterocycles. The third-order valence-corrected chi connectivity index (χ3v) is 3.51. The first-order chi connectivity index (χ1) is 8.25. The molecule has 1 atom stereocenters. The van der Waals surface area contributed by atoms with E-state index in [1.54, 1.807) is 12.1 Å². The Labute approximate surface area is 101 Å². The zero-order valence-electron chi connectivity index (χ0n) is 9.93. The number of nitrogens with zero attached hydrogens (tertiary/aromatic N) is 2. The van der Waals surface area contributed by atoms with Crippen molar-refractivity contribution in [3.63, 3.8) is 0 Å². The number of phenolic OH excluding ortho intramolecular Hbond substituents is 1. The van der Waals surface area contributed by atoms with Crippen LogP contribution in [0.4, 0.5) is 0 Å². The molecule has 0 bridgehead atoms. The zero-order valence-corrected chi connectivity index (χ0v) is 9.93. The van der Waals surface area contributed by atoms with Gasteiger partial charge in [0.15, 0.2) is 0 Å². The summed E-state index contributed by atoms with van der Waals surface area (Å²) in [6.45, 7) is 3.28. The summed E-state index contributed by atoms with van der Waals surface area (Å²) < 4.78 is 2.28. The topological polar surface area (TPSA) is 38.0 Å². The lowest BCUT2D eigenvalue weighted by molar-refractivity contribution is 0.473. The van der Waals surface area contributed by atoms with Crippen molar-refractivity contribution >= 4 is 0 Å². The van der Waals surface area contributed by atoms with E-state index in [0.29, 0.717) is 11.7 Å². The number of fused-ring (bicyclic) bond motifs is 1. The summed E-state index contributed by atoms with van der Waals surface area (Å²) in [4.78, 5) is 4.51. The minimum absolute atomic E-state index is 0.295. The summed E-state index contributed by atoms with van der Waals surface area (Å²) in [5, 5.41) is 9.53. The molecule has 0 saturated carbocycles. The highest BCUT2D eigenvalue weighted by Crippen LogP contribution is 2.31. The highest BCUT2D eigenvalue weighted by atomic mass is 16.3. The monoisotopic (exact) mass is 228 g/mol. The van der Waals surface area contributed by atoms with Gasteiger partial charge < -0.3 is 9.67 Å². The number of hydrogen-bond acceptors (Lipinski definition) is 2. The van der Waals surface area contributed by atoms with Gasteiger partial charge in [-0.1, -0.05) is 19.1 Å². The second kappa shape index (κ2) is 3.91. The summed E-state index contributed by atoms with van der Waals surface area (Å²) in [7, 11) is 0. The second-order valence-corrected chi connectivity index (χ2v) is 4.75. The van der Waals surface area contributed by atoms with E-state index in [9.17, 15) is 5.11 Å². The maximum atomic E-state index is 9.53. The first-order valence-electron chi connectivity index (χ1n) is 6.10. The number of phenols is 1. The van der Waals surface area contributed by atoms with Crippen LogP contribution in [-0.4, -0.2) is 14.7 Å². The van der Waals surface area contributed by atoms with Gasteiger partial charge in [-0.25, -0.2) is 4.98 Å². The number of rotatable bonds is 1. The number of imidazole rings is 1. The molecule has 1 aromatic heterocycles. The fourth-order valence-electron chi connectivity index (χ4n) is 2.60. The lowest BCUT2D eigenvalue weighted by atomic mass is 9.98. The molecule has 2 aromatic rings. The van der Waals surface area contributed by atoms with Gasteiger partial charge in [0, 0.05) is 24.0 Å². The Kier molecular flexibility index (Phi) is 2.39. The van der Waals surface area contributed by atoms with Crippen LogP contribution in [0.25, 0.3) is 11.4 Å². The molecular formula is C14H16N2O. The van der Waals surface area contributed by atoms with Crippen molar-refractivity contribution in [3.05, 3.63) is 36.2 Å². The van der Waals surface area contributed by atoms with E-state index >= 15 is 0 Å². The van der Waals surface area contributed by atoms with Gasteiger partial charge in [-0.15, -0.1) is 0 Å². The molecule has 1 aliphatic rings. The number of aromatic hydroxyl groups is 1. The van der Waals surface area contributed by atoms with Crippen LogP contribution >= 0.6 is 0 Å². The molecule has 2 heterocycles. The Morgan fingerprint density at radius 1 is 1.41 bits per heavy atom. The van der Waals surface area contributed by atoms with Crippen molar-refractivity contribution < 1.29 is 5.11 Å². The van der Waals surface area contributed by atoms with Crippen LogP contribution in [-0.2, 0) is 6.54 Å². The van der Waals surface area contributed by atoms with Gasteiger partial charge in [0.2, 0.25) is 0 Å². The maximum absolute atomic E-state index is 9.53. The molecule has 1 aromatic carbocycles. The standard InChI is InChI=1S/C14H16N2O/c1-10-4-3-7-16-13(10)9-15-14(16)11-5-2-6-12(17)8-11/h2,5-6,8-10,17H,3-4,7H2,1H3. The average molecular weight is 228 g/mol. The normalized spacial score (nSPS) is 19.0. The van der Waals surface area contributed by atoms with E-state index < -0.39 is 0 Å². The van der Waals surface area contributed by atoms with Gasteiger partial charge >= 0.3 is 0 Å². The summed E-state index contributed by atoms with van der Waals surface area (Å²) in [6, 6.07) is 7.31. The Balaban J connectivity index is 2.10. The van der Waals surface area contributed by atoms with Crippen LogP contribution in [0, 0.1) is 0 Å². The number of hydrogen-bond donors (Lipinski definition) is 1. The average Bonchev–Trinajstić information content (AvgIpc) is 2.74. The minimum atomic E-state index is 0.295. The van der Waals surface area contributed by atoms with Crippen molar-refractivity contribution in [1.29, 1.82) is 0 Å². The molecule has 0 amide bonds. The first kappa shape index (κ1) is 10.4. The molecule has 1 N–H and O–H groups in total. The maximum Gasteiger partial charge on any atom is 0.140 e. The van der Waals surface area contributed by atoms with Gasteiger partial charge in [-0.2, -0.15) is 0 Å². The van der Waals surface area contributed by atoms with E-state index in [1.807, 2.05) is 18.3 Å². The summed E-state index contributed by atoms with van der Waals surface area (Å²) in [5.41, 5.74) is 2.31. The van der Waals surface area contributed by atoms with Crippen molar-refractivity contribution in [3.8, 4) is 17.1 Å². The van der Waals surface area contributed by atoms with E-state index in [1.165, 1.54) is 18.5 Å². The molecule has 0 spiro atoms. The van der Waals surface area contributed by atoms with Crippen LogP contribution < -0.4 is 0 Å². The Morgan fingerprint density at radius 3 is 3.12 bits per heavy atom. The molecule has 17 heavy (non-hydrogen) atoms. The predicted octanol–water partition coefficient (Wildman–Crippen LogP) is 3.15. The van der Waals surface area contributed by atoms with Crippen LogP contribution in [0.3, 0.4) is 0 Å². The largest absolute Gasteiger partial charge is 0.508 e. The van der Waals surface area contributed by atoms with E-state index in [0.717, 1.165) is 17.9 Å². The van der Waals surface area contributed by atoms with Crippen molar-refractivity contribution in [2.75, 3.05) is 0 Å². The van der Waals surface area contributed by atoms with Crippen LogP contribution in [0.2, 0.25) is 0 Å². The van der Waals surface area contributed by atoms with Gasteiger partial charge in [-0.05, 0) is 30.9 Å². The molecule has 3 nitrogen and oxygen atoms in total. The first-order valence-corrected chi connectivity index (χ1v) is 6.10. The quantitative estimate of drug-likeness (QED) is 0.814. The number of aromatic nitrogens is 2. The molecule has 3 heteroatoms. The van der Waals surface area contributed by atoms with Crippen molar-refractivity contribution in [2.45, 2.75) is 32.2 Å². The molecule has 0 radical (unpaired) electrons. The highest BCUT2D eigenvalue weighted by Gasteiger charge is 2.20. The molecule has 0 aliphatic carbocycles. The van der Waals surface area contributed by atoms with Crippen LogP contribution in [0.15, 0.2) is 30.5 Å². The van der Waals surface area contributed by atoms with Gasteiger partial charge in [0.05, 0.1) is 0 Å². The molecule has 88 valence electrons. The Bertz CT molecular complexity index is 545. The lowest BCUT2D eigenvalue weighted by Gasteiger charge is -2.22. The lowest BCUT2D eigenvalue weighted by Crippen LogP contribution is -2.13. The SMILES string of the molecule is CC1CCCn2c1cnc2-c1cccc(O)c1. The smallest absolute Gasteiger partial charge is 0.140 e. The third kappa shape index (κ3) is 1.71. The fourth-order valence-corrected chi connectivity index (χ4v) is 2.60. The van der Waals surface area contributed by atoms with Crippen LogP contribution in [0.5, 0.6) is 5.75 Å². The van der Waals surface area contributed by atoms with E-state index in [2.05, 4.69) is 16.5 Å². The fraction of sp³-hybridized carbons (Fsp3) is 0.357. The van der Waals surface area contributed by atoms with Gasteiger partial charge in [-0.3, -0.25) is 0 Å². The molecule has 0 fully saturated rings. The number of benzene rings is 1. The predicted molar refractivity (Wildman–Crippen MR) is 67.0 cm³/mol. The van der Waals surface area contributed by atoms with Crippen LogP contribution in [0.1, 0.15) is 31.4 Å². The van der Waals surface area contributed by atoms with E-state index in [-0.39, 0.29) is 0 Å². The zero-order chi connectivity index (χ0) is 11.8. The molecular weight excluding hydrogens is 212 g/mol. The van der Waals surface area contributed by atoms with Gasteiger partial charge in [0.25, 0.3) is 0 Å². The molecule has 0 saturated heterocycles. The minimum Gasteiger partial charge on any atom is -0.508 e. The summed E-state index contributed by atoms with van der Waals surface area (Å²) >= 11 is 0. The summed E-state index contributed by atoms with van der Waals surface area (Å²) in [5.74, 6) is 1.86. The highest BCUT2D eigenvalue weighted by molar-refractivity contribution is 5.58.